The van der Waals surface area contributed by atoms with Crippen LogP contribution in [0.5, 0.6) is 11.5 Å². The van der Waals surface area contributed by atoms with E-state index in [1.165, 1.54) is 0 Å². The molecule has 0 radical (unpaired) electrons. The normalized spacial score (nSPS) is 18.4. The monoisotopic (exact) mass is 256 g/mol. The van der Waals surface area contributed by atoms with Crippen LogP contribution in [0.3, 0.4) is 0 Å². The maximum atomic E-state index is 9.28. The Morgan fingerprint density at radius 1 is 0.947 bits per heavy atom. The van der Waals surface area contributed by atoms with Gasteiger partial charge in [0.05, 0.1) is 13.2 Å². The van der Waals surface area contributed by atoms with E-state index in [4.69, 9.17) is 9.47 Å². The Labute approximate surface area is 112 Å². The first-order chi connectivity index (χ1) is 9.31. The molecule has 0 spiro atoms. The first-order valence-corrected chi connectivity index (χ1v) is 6.45. The van der Waals surface area contributed by atoms with Crippen molar-refractivity contribution in [3.05, 3.63) is 48.5 Å². The van der Waals surface area contributed by atoms with Crippen molar-refractivity contribution in [1.82, 2.24) is 0 Å². The third-order valence-electron chi connectivity index (χ3n) is 3.25. The average molecular weight is 256 g/mol. The molecule has 2 aromatic rings. The van der Waals surface area contributed by atoms with Crippen LogP contribution in [0.1, 0.15) is 6.42 Å². The Morgan fingerprint density at radius 3 is 2.16 bits per heavy atom. The van der Waals surface area contributed by atoms with Crippen molar-refractivity contribution >= 4 is 0 Å². The van der Waals surface area contributed by atoms with E-state index in [1.54, 1.807) is 12.1 Å². The number of aromatic hydroxyl groups is 1. The van der Waals surface area contributed by atoms with Gasteiger partial charge in [0.1, 0.15) is 17.6 Å². The molecule has 3 rings (SSSR count). The van der Waals surface area contributed by atoms with E-state index >= 15 is 0 Å². The van der Waals surface area contributed by atoms with Gasteiger partial charge in [-0.25, -0.2) is 0 Å². The lowest BCUT2D eigenvalue weighted by Gasteiger charge is -2.12. The van der Waals surface area contributed by atoms with Gasteiger partial charge in [-0.1, -0.05) is 24.3 Å². The largest absolute Gasteiger partial charge is 0.508 e. The van der Waals surface area contributed by atoms with E-state index in [2.05, 4.69) is 0 Å². The average Bonchev–Trinajstić information content (AvgIpc) is 2.94. The molecule has 0 saturated carbocycles. The summed E-state index contributed by atoms with van der Waals surface area (Å²) in [5, 5.41) is 9.28. The van der Waals surface area contributed by atoms with Crippen molar-refractivity contribution < 1.29 is 14.6 Å². The highest BCUT2D eigenvalue weighted by molar-refractivity contribution is 5.64. The highest BCUT2D eigenvalue weighted by atomic mass is 16.5. The molecule has 1 aliphatic rings. The molecule has 1 saturated heterocycles. The molecule has 0 aromatic heterocycles. The molecule has 3 nitrogen and oxygen atoms in total. The van der Waals surface area contributed by atoms with Gasteiger partial charge in [-0.2, -0.15) is 0 Å². The number of hydrogen-bond acceptors (Lipinski definition) is 3. The molecule has 0 amide bonds. The van der Waals surface area contributed by atoms with Crippen molar-refractivity contribution in [2.24, 2.45) is 0 Å². The first kappa shape index (κ1) is 12.1. The fourth-order valence-corrected chi connectivity index (χ4v) is 2.18. The second kappa shape index (κ2) is 5.33. The minimum Gasteiger partial charge on any atom is -0.508 e. The summed E-state index contributed by atoms with van der Waals surface area (Å²) in [6.45, 7) is 1.47. The van der Waals surface area contributed by atoms with Crippen LogP contribution < -0.4 is 4.74 Å². The molecule has 1 atom stereocenters. The number of ether oxygens (including phenoxy) is 2. The van der Waals surface area contributed by atoms with Crippen LogP contribution in [-0.4, -0.2) is 24.4 Å². The summed E-state index contributed by atoms with van der Waals surface area (Å²) in [5.74, 6) is 1.16. The molecule has 19 heavy (non-hydrogen) atoms. The van der Waals surface area contributed by atoms with E-state index in [0.29, 0.717) is 6.61 Å². The van der Waals surface area contributed by atoms with Gasteiger partial charge in [0.2, 0.25) is 0 Å². The van der Waals surface area contributed by atoms with Gasteiger partial charge in [0, 0.05) is 6.42 Å². The fourth-order valence-electron chi connectivity index (χ4n) is 2.18. The Hall–Kier alpha value is -2.00. The van der Waals surface area contributed by atoms with Gasteiger partial charge in [0.25, 0.3) is 0 Å². The SMILES string of the molecule is Oc1ccc(-c2ccc(OC3CCOC3)cc2)cc1. The number of phenols is 1. The zero-order valence-corrected chi connectivity index (χ0v) is 10.6. The Morgan fingerprint density at radius 2 is 1.58 bits per heavy atom. The minimum atomic E-state index is 0.180. The van der Waals surface area contributed by atoms with Gasteiger partial charge < -0.3 is 14.6 Å². The third kappa shape index (κ3) is 2.88. The van der Waals surface area contributed by atoms with Crippen molar-refractivity contribution in [3.8, 4) is 22.6 Å². The van der Waals surface area contributed by atoms with Crippen LogP contribution in [0, 0.1) is 0 Å². The Bertz CT molecular complexity index is 525. The van der Waals surface area contributed by atoms with Gasteiger partial charge in [-0.3, -0.25) is 0 Å². The van der Waals surface area contributed by atoms with Crippen LogP contribution >= 0.6 is 0 Å². The van der Waals surface area contributed by atoms with Crippen molar-refractivity contribution in [3.63, 3.8) is 0 Å². The first-order valence-electron chi connectivity index (χ1n) is 6.45. The van der Waals surface area contributed by atoms with Crippen LogP contribution in [-0.2, 0) is 4.74 Å². The lowest BCUT2D eigenvalue weighted by Crippen LogP contribution is -2.15. The Balaban J connectivity index is 1.72. The van der Waals surface area contributed by atoms with Crippen molar-refractivity contribution in [1.29, 1.82) is 0 Å². The fraction of sp³-hybridized carbons (Fsp3) is 0.250. The van der Waals surface area contributed by atoms with E-state index in [1.807, 2.05) is 36.4 Å². The predicted molar refractivity (Wildman–Crippen MR) is 73.4 cm³/mol. The maximum Gasteiger partial charge on any atom is 0.124 e. The number of hydrogen-bond donors (Lipinski definition) is 1. The molecule has 0 aliphatic carbocycles. The Kier molecular flexibility index (Phi) is 3.38. The molecule has 2 aromatic carbocycles. The van der Waals surface area contributed by atoms with Gasteiger partial charge >= 0.3 is 0 Å². The highest BCUT2D eigenvalue weighted by Gasteiger charge is 2.16. The van der Waals surface area contributed by atoms with Gasteiger partial charge in [-0.15, -0.1) is 0 Å². The predicted octanol–water partition coefficient (Wildman–Crippen LogP) is 3.23. The van der Waals surface area contributed by atoms with E-state index < -0.39 is 0 Å². The summed E-state index contributed by atoms with van der Waals surface area (Å²) in [6, 6.07) is 15.2. The van der Waals surface area contributed by atoms with Crippen LogP contribution in [0.25, 0.3) is 11.1 Å². The summed E-state index contributed by atoms with van der Waals surface area (Å²) in [5.41, 5.74) is 2.18. The highest BCUT2D eigenvalue weighted by Crippen LogP contribution is 2.25. The maximum absolute atomic E-state index is 9.28. The lowest BCUT2D eigenvalue weighted by molar-refractivity contribution is 0.141. The third-order valence-corrected chi connectivity index (χ3v) is 3.25. The topological polar surface area (TPSA) is 38.7 Å². The van der Waals surface area contributed by atoms with Crippen LogP contribution in [0.2, 0.25) is 0 Å². The molecule has 1 heterocycles. The summed E-state index contributed by atoms with van der Waals surface area (Å²) in [7, 11) is 0. The smallest absolute Gasteiger partial charge is 0.124 e. The van der Waals surface area contributed by atoms with Crippen LogP contribution in [0.4, 0.5) is 0 Å². The van der Waals surface area contributed by atoms with Crippen molar-refractivity contribution in [2.75, 3.05) is 13.2 Å². The summed E-state index contributed by atoms with van der Waals surface area (Å²) in [6.07, 6.45) is 1.14. The molecule has 0 bridgehead atoms. The number of benzene rings is 2. The molecular formula is C16H16O3. The van der Waals surface area contributed by atoms with Crippen LogP contribution in [0.15, 0.2) is 48.5 Å². The molecule has 1 fully saturated rings. The van der Waals surface area contributed by atoms with Crippen molar-refractivity contribution in [2.45, 2.75) is 12.5 Å². The van der Waals surface area contributed by atoms with E-state index in [9.17, 15) is 5.11 Å². The molecular weight excluding hydrogens is 240 g/mol. The van der Waals surface area contributed by atoms with E-state index in [-0.39, 0.29) is 11.9 Å². The molecule has 98 valence electrons. The second-order valence-corrected chi connectivity index (χ2v) is 4.67. The summed E-state index contributed by atoms with van der Waals surface area (Å²) in [4.78, 5) is 0. The number of phenolic OH excluding ortho intramolecular Hbond substituents is 1. The van der Waals surface area contributed by atoms with Gasteiger partial charge in [-0.05, 0) is 35.4 Å². The number of rotatable bonds is 3. The summed E-state index contributed by atoms with van der Waals surface area (Å²) < 4.78 is 11.1. The zero-order chi connectivity index (χ0) is 13.1. The molecule has 1 N–H and O–H groups in total. The second-order valence-electron chi connectivity index (χ2n) is 4.67. The summed E-state index contributed by atoms with van der Waals surface area (Å²) >= 11 is 0. The molecule has 1 unspecified atom stereocenters. The lowest BCUT2D eigenvalue weighted by atomic mass is 10.1. The quantitative estimate of drug-likeness (QED) is 0.916. The molecule has 3 heteroatoms. The molecule has 1 aliphatic heterocycles. The minimum absolute atomic E-state index is 0.180. The van der Waals surface area contributed by atoms with E-state index in [0.717, 1.165) is 29.9 Å². The van der Waals surface area contributed by atoms with Gasteiger partial charge in [0.15, 0.2) is 0 Å². The standard InChI is InChI=1S/C16H16O3/c17-14-5-1-12(2-6-14)13-3-7-15(8-4-13)19-16-9-10-18-11-16/h1-8,16-17H,9-11H2. The zero-order valence-electron chi connectivity index (χ0n) is 10.6.